The van der Waals surface area contributed by atoms with E-state index in [4.69, 9.17) is 0 Å². The van der Waals surface area contributed by atoms with Gasteiger partial charge in [-0.2, -0.15) is 0 Å². The molecule has 1 aliphatic carbocycles. The molecule has 1 aliphatic rings. The van der Waals surface area contributed by atoms with E-state index in [1.807, 2.05) is 48.0 Å². The van der Waals surface area contributed by atoms with E-state index in [9.17, 15) is 9.59 Å². The van der Waals surface area contributed by atoms with Crippen LogP contribution in [0.3, 0.4) is 0 Å². The van der Waals surface area contributed by atoms with Crippen LogP contribution >= 0.6 is 0 Å². The first-order valence-corrected chi connectivity index (χ1v) is 10.4. The molecule has 0 amide bonds. The number of aromatic amines is 1. The Morgan fingerprint density at radius 3 is 2.61 bits per heavy atom. The van der Waals surface area contributed by atoms with Gasteiger partial charge in [0.25, 0.3) is 0 Å². The number of fused-ring (bicyclic) bond motifs is 2. The van der Waals surface area contributed by atoms with Crippen molar-refractivity contribution in [3.63, 3.8) is 0 Å². The summed E-state index contributed by atoms with van der Waals surface area (Å²) >= 11 is 0. The van der Waals surface area contributed by atoms with Crippen molar-refractivity contribution in [2.75, 3.05) is 0 Å². The van der Waals surface area contributed by atoms with E-state index < -0.39 is 0 Å². The number of allylic oxidation sites excluding steroid dienone is 2. The van der Waals surface area contributed by atoms with Crippen LogP contribution in [0.1, 0.15) is 49.8 Å². The summed E-state index contributed by atoms with van der Waals surface area (Å²) in [5, 5.41) is 0.930. The van der Waals surface area contributed by atoms with Crippen LogP contribution in [0.4, 0.5) is 0 Å². The Hall–Kier alpha value is -3.54. The summed E-state index contributed by atoms with van der Waals surface area (Å²) in [5.41, 5.74) is 5.68. The van der Waals surface area contributed by atoms with Gasteiger partial charge in [-0.3, -0.25) is 19.0 Å². The zero-order valence-corrected chi connectivity index (χ0v) is 18.1. The minimum atomic E-state index is -0.163. The quantitative estimate of drug-likeness (QED) is 0.500. The lowest BCUT2D eigenvalue weighted by molar-refractivity contribution is -0.119. The van der Waals surface area contributed by atoms with Crippen molar-refractivity contribution in [3.05, 3.63) is 65.5 Å². The van der Waals surface area contributed by atoms with Crippen molar-refractivity contribution in [3.8, 4) is 0 Å². The smallest absolute Gasteiger partial charge is 0.173 e. The van der Waals surface area contributed by atoms with Crippen molar-refractivity contribution in [1.29, 1.82) is 0 Å². The first-order valence-electron chi connectivity index (χ1n) is 10.4. The van der Waals surface area contributed by atoms with Crippen LogP contribution in [0.25, 0.3) is 27.7 Å². The van der Waals surface area contributed by atoms with Crippen molar-refractivity contribution in [2.24, 2.45) is 5.41 Å². The Balaban J connectivity index is 1.79. The molecule has 0 bridgehead atoms. The number of hydrogen-bond acceptors (Lipinski definition) is 4. The highest BCUT2D eigenvalue weighted by molar-refractivity contribution is 6.51. The number of nitrogens with zero attached hydrogens (tertiary/aromatic N) is 3. The molecular weight excluding hydrogens is 388 g/mol. The molecule has 3 aromatic heterocycles. The second-order valence-corrected chi connectivity index (χ2v) is 9.41. The van der Waals surface area contributed by atoms with E-state index in [1.165, 1.54) is 0 Å². The lowest BCUT2D eigenvalue weighted by Gasteiger charge is -2.17. The van der Waals surface area contributed by atoms with Gasteiger partial charge >= 0.3 is 0 Å². The summed E-state index contributed by atoms with van der Waals surface area (Å²) in [4.78, 5) is 38.5. The summed E-state index contributed by atoms with van der Waals surface area (Å²) in [7, 11) is 0. The summed E-state index contributed by atoms with van der Waals surface area (Å²) in [6.45, 7) is 8.36. The minimum Gasteiger partial charge on any atom is -0.361 e. The number of ketones is 2. The van der Waals surface area contributed by atoms with Gasteiger partial charge in [-0.15, -0.1) is 0 Å². The molecule has 0 unspecified atom stereocenters. The number of carbonyl (C=O) groups is 2. The fraction of sp³-hybridized carbons (Fsp3) is 0.280. The number of aromatic nitrogens is 4. The topological polar surface area (TPSA) is 80.1 Å². The Kier molecular flexibility index (Phi) is 4.22. The Morgan fingerprint density at radius 1 is 1.10 bits per heavy atom. The van der Waals surface area contributed by atoms with Gasteiger partial charge in [0.15, 0.2) is 17.2 Å². The van der Waals surface area contributed by atoms with Gasteiger partial charge in [-0.05, 0) is 24.8 Å². The molecule has 0 fully saturated rings. The number of para-hydroxylation sites is 1. The minimum absolute atomic E-state index is 0.0735. The molecule has 6 nitrogen and oxygen atoms in total. The summed E-state index contributed by atoms with van der Waals surface area (Å²) in [5.74, 6) is -0.313. The molecule has 0 saturated heterocycles. The third-order valence-electron chi connectivity index (χ3n) is 5.67. The first-order chi connectivity index (χ1) is 14.7. The number of aryl methyl sites for hydroxylation is 1. The summed E-state index contributed by atoms with van der Waals surface area (Å²) in [6.07, 6.45) is 6.19. The molecular formula is C25H24N4O2. The average Bonchev–Trinajstić information content (AvgIpc) is 3.33. The molecule has 0 atom stereocenters. The zero-order chi connectivity index (χ0) is 21.9. The van der Waals surface area contributed by atoms with Gasteiger partial charge in [0.05, 0.1) is 35.3 Å². The second-order valence-electron chi connectivity index (χ2n) is 9.41. The lowest BCUT2D eigenvalue weighted by Crippen LogP contribution is -2.11. The predicted octanol–water partition coefficient (Wildman–Crippen LogP) is 4.56. The molecule has 5 rings (SSSR count). The number of H-pyrrole nitrogens is 1. The van der Waals surface area contributed by atoms with E-state index in [1.54, 1.807) is 6.20 Å². The summed E-state index contributed by atoms with van der Waals surface area (Å²) < 4.78 is 1.92. The van der Waals surface area contributed by atoms with Gasteiger partial charge in [0.2, 0.25) is 0 Å². The number of rotatable bonds is 3. The van der Waals surface area contributed by atoms with E-state index >= 15 is 0 Å². The fourth-order valence-electron chi connectivity index (χ4n) is 4.46. The standard InChI is InChI=1S/C25H24N4O2/c1-14-24(29-13-15(10-25(2,3)4)26-12-21(29)28-14)23-20(31)9-19(30)22(23)17-11-27-18-8-6-5-7-16(17)18/h5-8,11-13,27H,9-10H2,1-4H3. The van der Waals surface area contributed by atoms with Gasteiger partial charge in [-0.1, -0.05) is 39.0 Å². The van der Waals surface area contributed by atoms with E-state index in [-0.39, 0.29) is 23.4 Å². The van der Waals surface area contributed by atoms with Crippen LogP contribution in [0.15, 0.2) is 42.9 Å². The largest absolute Gasteiger partial charge is 0.361 e. The summed E-state index contributed by atoms with van der Waals surface area (Å²) in [6, 6.07) is 7.81. The maximum atomic E-state index is 13.1. The first kappa shape index (κ1) is 19.4. The molecule has 3 heterocycles. The third-order valence-corrected chi connectivity index (χ3v) is 5.67. The highest BCUT2D eigenvalue weighted by Crippen LogP contribution is 2.39. The van der Waals surface area contributed by atoms with Crippen LogP contribution in [-0.2, 0) is 16.0 Å². The van der Waals surface area contributed by atoms with Gasteiger partial charge in [0, 0.05) is 34.4 Å². The molecule has 31 heavy (non-hydrogen) atoms. The van der Waals surface area contributed by atoms with Crippen LogP contribution in [0.2, 0.25) is 0 Å². The second kappa shape index (κ2) is 6.74. The number of hydrogen-bond donors (Lipinski definition) is 1. The van der Waals surface area contributed by atoms with Crippen molar-refractivity contribution < 1.29 is 9.59 Å². The van der Waals surface area contributed by atoms with Crippen molar-refractivity contribution >= 4 is 39.3 Å². The maximum Gasteiger partial charge on any atom is 0.173 e. The molecule has 156 valence electrons. The SMILES string of the molecule is Cc1nc2cnc(CC(C)(C)C)cn2c1C1=C(c2c[nH]c3ccccc23)C(=O)CC1=O. The highest BCUT2D eigenvalue weighted by Gasteiger charge is 2.36. The van der Waals surface area contributed by atoms with Crippen LogP contribution in [0.5, 0.6) is 0 Å². The number of benzene rings is 1. The molecule has 4 aromatic rings. The normalized spacial score (nSPS) is 15.1. The van der Waals surface area contributed by atoms with Gasteiger partial charge < -0.3 is 4.98 Å². The Bertz CT molecular complexity index is 1410. The number of imidazole rings is 1. The zero-order valence-electron chi connectivity index (χ0n) is 18.1. The van der Waals surface area contributed by atoms with Crippen molar-refractivity contribution in [2.45, 2.75) is 40.5 Å². The van der Waals surface area contributed by atoms with Gasteiger partial charge in [0.1, 0.15) is 0 Å². The molecule has 0 saturated carbocycles. The van der Waals surface area contributed by atoms with Crippen LogP contribution < -0.4 is 0 Å². The molecule has 6 heteroatoms. The van der Waals surface area contributed by atoms with Gasteiger partial charge in [-0.25, -0.2) is 4.98 Å². The molecule has 0 aliphatic heterocycles. The molecule has 0 spiro atoms. The predicted molar refractivity (Wildman–Crippen MR) is 121 cm³/mol. The molecule has 1 N–H and O–H groups in total. The monoisotopic (exact) mass is 412 g/mol. The van der Waals surface area contributed by atoms with E-state index in [0.29, 0.717) is 28.2 Å². The van der Waals surface area contributed by atoms with E-state index in [0.717, 1.165) is 28.6 Å². The van der Waals surface area contributed by atoms with Crippen molar-refractivity contribution in [1.82, 2.24) is 19.4 Å². The Labute approximate surface area is 180 Å². The van der Waals surface area contributed by atoms with E-state index in [2.05, 4.69) is 35.7 Å². The average molecular weight is 412 g/mol. The Morgan fingerprint density at radius 2 is 1.84 bits per heavy atom. The number of Topliss-reactive ketones (excluding diaryl/α,β-unsaturated/α-hetero) is 2. The number of carbonyl (C=O) groups excluding carboxylic acids is 2. The lowest BCUT2D eigenvalue weighted by atomic mass is 9.91. The third kappa shape index (κ3) is 3.19. The maximum absolute atomic E-state index is 13.1. The molecule has 1 aromatic carbocycles. The van der Waals surface area contributed by atoms with Crippen LogP contribution in [-0.4, -0.2) is 30.9 Å². The fourth-order valence-corrected chi connectivity index (χ4v) is 4.46. The molecule has 0 radical (unpaired) electrons. The van der Waals surface area contributed by atoms with Crippen LogP contribution in [0, 0.1) is 12.3 Å². The number of nitrogens with one attached hydrogen (secondary N) is 1. The highest BCUT2D eigenvalue weighted by atomic mass is 16.2.